The van der Waals surface area contributed by atoms with E-state index in [1.54, 1.807) is 0 Å². The van der Waals surface area contributed by atoms with Crippen molar-refractivity contribution >= 4 is 39.5 Å². The van der Waals surface area contributed by atoms with Crippen LogP contribution in [-0.2, 0) is 65.4 Å². The Morgan fingerprint density at radius 2 is 0.562 bits per heavy atom. The van der Waals surface area contributed by atoms with Gasteiger partial charge >= 0.3 is 39.5 Å². The largest absolute Gasteiger partial charge is 0.472 e. The van der Waals surface area contributed by atoms with Crippen LogP contribution in [0.2, 0.25) is 0 Å². The molecule has 0 saturated heterocycles. The number of aliphatic hydroxyl groups excluding tert-OH is 1. The number of ether oxygens (including phenoxy) is 4. The Labute approximate surface area is 586 Å². The Balaban J connectivity index is 5.18. The Kier molecular flexibility index (Phi) is 65.3. The van der Waals surface area contributed by atoms with Gasteiger partial charge < -0.3 is 33.8 Å². The summed E-state index contributed by atoms with van der Waals surface area (Å²) in [7, 11) is -9.92. The minimum Gasteiger partial charge on any atom is -0.462 e. The maximum absolute atomic E-state index is 13.1. The normalized spacial score (nSPS) is 14.2. The molecule has 0 heterocycles. The smallest absolute Gasteiger partial charge is 0.462 e. The van der Waals surface area contributed by atoms with Gasteiger partial charge in [-0.15, -0.1) is 0 Å². The number of allylic oxidation sites excluding steroid dienone is 4. The van der Waals surface area contributed by atoms with Crippen molar-refractivity contribution in [3.63, 3.8) is 0 Å². The second kappa shape index (κ2) is 67.1. The van der Waals surface area contributed by atoms with Crippen LogP contribution in [0.1, 0.15) is 370 Å². The highest BCUT2D eigenvalue weighted by molar-refractivity contribution is 7.47. The van der Waals surface area contributed by atoms with E-state index in [9.17, 15) is 43.2 Å². The summed E-state index contributed by atoms with van der Waals surface area (Å²) in [5.74, 6) is 0.0655. The summed E-state index contributed by atoms with van der Waals surface area (Å²) in [5, 5.41) is 10.6. The van der Waals surface area contributed by atoms with Crippen LogP contribution < -0.4 is 0 Å². The second-order valence-electron chi connectivity index (χ2n) is 28.5. The third-order valence-corrected chi connectivity index (χ3v) is 19.2. The van der Waals surface area contributed by atoms with E-state index in [2.05, 4.69) is 72.8 Å². The predicted molar refractivity (Wildman–Crippen MR) is 390 cm³/mol. The molecule has 0 fully saturated rings. The molecule has 19 heteroatoms. The average Bonchev–Trinajstić information content (AvgIpc) is 3.71. The van der Waals surface area contributed by atoms with Crippen LogP contribution in [0.15, 0.2) is 24.3 Å². The minimum absolute atomic E-state index is 0.0839. The molecule has 566 valence electrons. The Bertz CT molecular complexity index is 1960. The van der Waals surface area contributed by atoms with Gasteiger partial charge in [0.15, 0.2) is 12.2 Å². The Hall–Kier alpha value is -2.46. The van der Waals surface area contributed by atoms with Crippen molar-refractivity contribution in [2.45, 2.75) is 388 Å². The van der Waals surface area contributed by atoms with Crippen LogP contribution in [-0.4, -0.2) is 96.7 Å². The van der Waals surface area contributed by atoms with Gasteiger partial charge in [0, 0.05) is 25.7 Å². The van der Waals surface area contributed by atoms with Crippen LogP contribution in [0.4, 0.5) is 0 Å². The summed E-state index contributed by atoms with van der Waals surface area (Å²) in [6.45, 7) is 11.7. The molecule has 0 aromatic heterocycles. The van der Waals surface area contributed by atoms with Crippen LogP contribution >= 0.6 is 15.6 Å². The third-order valence-electron chi connectivity index (χ3n) is 17.3. The molecule has 3 unspecified atom stereocenters. The summed E-state index contributed by atoms with van der Waals surface area (Å²) in [5.41, 5.74) is 0. The Morgan fingerprint density at radius 3 is 0.844 bits per heavy atom. The van der Waals surface area contributed by atoms with Crippen molar-refractivity contribution in [2.75, 3.05) is 39.6 Å². The lowest BCUT2D eigenvalue weighted by molar-refractivity contribution is -0.161. The first-order valence-corrected chi connectivity index (χ1v) is 42.2. The maximum Gasteiger partial charge on any atom is 0.472 e. The summed E-state index contributed by atoms with van der Waals surface area (Å²) in [6.07, 6.45) is 56.7. The number of hydrogen-bond donors (Lipinski definition) is 3. The monoisotopic (exact) mass is 1410 g/mol. The van der Waals surface area contributed by atoms with Crippen LogP contribution in [0.3, 0.4) is 0 Å². The van der Waals surface area contributed by atoms with Gasteiger partial charge in [0.25, 0.3) is 0 Å². The third kappa shape index (κ3) is 70.0. The minimum atomic E-state index is -4.96. The molecule has 0 aliphatic carbocycles. The number of phosphoric acid groups is 2. The molecule has 0 aliphatic heterocycles. The lowest BCUT2D eigenvalue weighted by Gasteiger charge is -2.21. The van der Waals surface area contributed by atoms with Gasteiger partial charge in [-0.05, 0) is 69.1 Å². The van der Waals surface area contributed by atoms with Gasteiger partial charge in [-0.2, -0.15) is 0 Å². The van der Waals surface area contributed by atoms with E-state index in [1.807, 2.05) is 0 Å². The zero-order valence-corrected chi connectivity index (χ0v) is 64.1. The molecule has 0 spiro atoms. The fourth-order valence-electron chi connectivity index (χ4n) is 11.2. The van der Waals surface area contributed by atoms with Crippen molar-refractivity contribution in [1.29, 1.82) is 0 Å². The summed E-state index contributed by atoms with van der Waals surface area (Å²) in [4.78, 5) is 72.7. The van der Waals surface area contributed by atoms with Crippen LogP contribution in [0.5, 0.6) is 0 Å². The number of carbonyl (C=O) groups is 4. The SMILES string of the molecule is CCCCCC/C=C\C=C/CCCCCCCC(=O)O[C@H](COC(=O)CCCCCCCCCC(C)C)COP(=O)(O)OCC(O)COP(=O)(O)OC[C@@H](COC(=O)CCCCCCCCCCCCCCCCCCCCC(C)C)OC(=O)CCCCCCCCCC(C)C. The van der Waals surface area contributed by atoms with Gasteiger partial charge in [0.1, 0.15) is 19.3 Å². The van der Waals surface area contributed by atoms with Gasteiger partial charge in [-0.25, -0.2) is 9.13 Å². The molecule has 17 nitrogen and oxygen atoms in total. The quantitative estimate of drug-likeness (QED) is 0.0169. The first-order valence-electron chi connectivity index (χ1n) is 39.2. The van der Waals surface area contributed by atoms with E-state index < -0.39 is 97.5 Å². The molecule has 0 bridgehead atoms. The topological polar surface area (TPSA) is 237 Å². The number of phosphoric ester groups is 2. The van der Waals surface area contributed by atoms with Crippen LogP contribution in [0, 0.1) is 17.8 Å². The Morgan fingerprint density at radius 1 is 0.323 bits per heavy atom. The van der Waals surface area contributed by atoms with Gasteiger partial charge in [-0.1, -0.05) is 317 Å². The van der Waals surface area contributed by atoms with Gasteiger partial charge in [0.2, 0.25) is 0 Å². The molecule has 0 aromatic rings. The van der Waals surface area contributed by atoms with Crippen molar-refractivity contribution in [1.82, 2.24) is 0 Å². The fourth-order valence-corrected chi connectivity index (χ4v) is 12.8. The molecular formula is C77H146O17P2. The van der Waals surface area contributed by atoms with Crippen LogP contribution in [0.25, 0.3) is 0 Å². The van der Waals surface area contributed by atoms with E-state index in [-0.39, 0.29) is 25.7 Å². The zero-order valence-electron chi connectivity index (χ0n) is 62.3. The van der Waals surface area contributed by atoms with E-state index in [0.717, 1.165) is 115 Å². The highest BCUT2D eigenvalue weighted by Gasteiger charge is 2.30. The fraction of sp³-hybridized carbons (Fsp3) is 0.896. The molecule has 0 aliphatic rings. The van der Waals surface area contributed by atoms with Gasteiger partial charge in [0.05, 0.1) is 26.4 Å². The lowest BCUT2D eigenvalue weighted by Crippen LogP contribution is -2.30. The van der Waals surface area contributed by atoms with Gasteiger partial charge in [-0.3, -0.25) is 37.3 Å². The second-order valence-corrected chi connectivity index (χ2v) is 31.4. The number of esters is 4. The zero-order chi connectivity index (χ0) is 70.9. The molecule has 0 saturated carbocycles. The number of carbonyl (C=O) groups excluding carboxylic acids is 4. The molecule has 0 radical (unpaired) electrons. The molecule has 0 amide bonds. The molecule has 0 aromatic carbocycles. The van der Waals surface area contributed by atoms with E-state index in [4.69, 9.17) is 37.0 Å². The number of aliphatic hydroxyl groups is 1. The van der Waals surface area contributed by atoms with Crippen molar-refractivity contribution in [2.24, 2.45) is 17.8 Å². The van der Waals surface area contributed by atoms with E-state index in [0.29, 0.717) is 37.5 Å². The van der Waals surface area contributed by atoms with E-state index >= 15 is 0 Å². The lowest BCUT2D eigenvalue weighted by atomic mass is 10.0. The molecule has 0 rings (SSSR count). The molecular weight excluding hydrogens is 1260 g/mol. The number of hydrogen-bond acceptors (Lipinski definition) is 15. The highest BCUT2D eigenvalue weighted by Crippen LogP contribution is 2.45. The maximum atomic E-state index is 13.1. The molecule has 5 atom stereocenters. The van der Waals surface area contributed by atoms with Crippen molar-refractivity contribution in [3.8, 4) is 0 Å². The van der Waals surface area contributed by atoms with Crippen molar-refractivity contribution in [3.05, 3.63) is 24.3 Å². The highest BCUT2D eigenvalue weighted by atomic mass is 31.2. The summed E-state index contributed by atoms with van der Waals surface area (Å²) >= 11 is 0. The number of rotatable bonds is 73. The number of unbranched alkanes of at least 4 members (excludes halogenated alkanes) is 38. The van der Waals surface area contributed by atoms with Crippen molar-refractivity contribution < 1.29 is 80.2 Å². The first-order chi connectivity index (χ1) is 46.2. The molecule has 3 N–H and O–H groups in total. The standard InChI is InChI=1S/C77H146O17P2/c1-8-9-10-11-12-13-14-15-20-25-28-31-38-46-53-60-76(81)93-72(65-88-75(80)59-52-45-39-32-35-42-49-56-69(4)5)66-91-95(83,84)89-62-71(78)63-90-96(85,86)92-67-73(94-77(82)61-54-47-40-33-36-43-50-57-70(6)7)64-87-74(79)58-51-44-37-30-27-24-22-19-17-16-18-21-23-26-29-34-41-48-55-68(2)3/h13-15,20,68-73,78H,8-12,16-19,21-67H2,1-7H3,(H,83,84)(H,85,86)/b14-13-,20-15-/t71?,72-,73-/m1/s1. The molecule has 96 heavy (non-hydrogen) atoms. The summed E-state index contributed by atoms with van der Waals surface area (Å²) < 4.78 is 68.4. The summed E-state index contributed by atoms with van der Waals surface area (Å²) in [6, 6.07) is 0. The first kappa shape index (κ1) is 93.5. The average molecular weight is 1410 g/mol. The predicted octanol–water partition coefficient (Wildman–Crippen LogP) is 22.1. The van der Waals surface area contributed by atoms with E-state index in [1.165, 1.54) is 161 Å².